The molecular formula is C17H13ClN2O3. The fourth-order valence-corrected chi connectivity index (χ4v) is 2.41. The van der Waals surface area contributed by atoms with Crippen LogP contribution in [0.15, 0.2) is 47.3 Å². The van der Waals surface area contributed by atoms with Crippen molar-refractivity contribution in [3.63, 3.8) is 0 Å². The number of aromatic hydroxyl groups is 1. The molecule has 0 bridgehead atoms. The molecule has 0 radical (unpaired) electrons. The van der Waals surface area contributed by atoms with E-state index in [4.69, 9.17) is 16.3 Å². The van der Waals surface area contributed by atoms with Gasteiger partial charge in [0.05, 0.1) is 23.0 Å². The van der Waals surface area contributed by atoms with Crippen molar-refractivity contribution in [1.29, 1.82) is 0 Å². The van der Waals surface area contributed by atoms with Crippen molar-refractivity contribution in [2.75, 3.05) is 7.11 Å². The van der Waals surface area contributed by atoms with Crippen LogP contribution in [0.4, 0.5) is 0 Å². The zero-order chi connectivity index (χ0) is 16.4. The Labute approximate surface area is 136 Å². The first-order valence-electron chi connectivity index (χ1n) is 6.82. The van der Waals surface area contributed by atoms with Gasteiger partial charge in [0.2, 0.25) is 0 Å². The number of benzene rings is 2. The summed E-state index contributed by atoms with van der Waals surface area (Å²) < 4.78 is 5.05. The summed E-state index contributed by atoms with van der Waals surface area (Å²) in [6.45, 7) is 0. The van der Waals surface area contributed by atoms with E-state index in [0.717, 1.165) is 0 Å². The first-order chi connectivity index (χ1) is 11.1. The second-order valence-corrected chi connectivity index (χ2v) is 5.26. The van der Waals surface area contributed by atoms with E-state index < -0.39 is 0 Å². The number of aromatic amines is 1. The van der Waals surface area contributed by atoms with Crippen LogP contribution >= 0.6 is 11.6 Å². The number of aromatic nitrogens is 2. The summed E-state index contributed by atoms with van der Waals surface area (Å²) in [5.41, 5.74) is 1.03. The molecule has 23 heavy (non-hydrogen) atoms. The third kappa shape index (κ3) is 3.05. The molecule has 0 aliphatic heterocycles. The molecule has 3 rings (SSSR count). The van der Waals surface area contributed by atoms with Gasteiger partial charge in [-0.3, -0.25) is 4.79 Å². The Morgan fingerprint density at radius 1 is 1.30 bits per heavy atom. The van der Waals surface area contributed by atoms with E-state index in [1.165, 1.54) is 13.2 Å². The molecule has 0 saturated carbocycles. The Hall–Kier alpha value is -2.79. The number of halogens is 1. The quantitative estimate of drug-likeness (QED) is 0.773. The highest BCUT2D eigenvalue weighted by molar-refractivity contribution is 6.50. The zero-order valence-corrected chi connectivity index (χ0v) is 13.0. The number of H-pyrrole nitrogens is 1. The van der Waals surface area contributed by atoms with Gasteiger partial charge in [-0.05, 0) is 35.9 Å². The van der Waals surface area contributed by atoms with Crippen molar-refractivity contribution in [1.82, 2.24) is 9.97 Å². The predicted octanol–water partition coefficient (Wildman–Crippen LogP) is 3.37. The molecule has 116 valence electrons. The summed E-state index contributed by atoms with van der Waals surface area (Å²) in [4.78, 5) is 19.1. The van der Waals surface area contributed by atoms with Crippen LogP contribution in [0.1, 0.15) is 11.4 Å². The third-order valence-corrected chi connectivity index (χ3v) is 3.62. The fraction of sp³-hybridized carbons (Fsp3) is 0.0588. The largest absolute Gasteiger partial charge is 0.504 e. The summed E-state index contributed by atoms with van der Waals surface area (Å²) in [6.07, 6.45) is 1.64. The highest BCUT2D eigenvalue weighted by Gasteiger charge is 2.07. The molecule has 1 heterocycles. The molecule has 0 spiro atoms. The second kappa shape index (κ2) is 6.14. The minimum atomic E-state index is -0.250. The lowest BCUT2D eigenvalue weighted by molar-refractivity contribution is 0.373. The van der Waals surface area contributed by atoms with Crippen molar-refractivity contribution in [3.05, 3.63) is 64.2 Å². The average Bonchev–Trinajstić information content (AvgIpc) is 2.56. The van der Waals surface area contributed by atoms with Crippen LogP contribution in [0.3, 0.4) is 0 Å². The lowest BCUT2D eigenvalue weighted by atomic mass is 10.2. The van der Waals surface area contributed by atoms with Crippen molar-refractivity contribution < 1.29 is 9.84 Å². The van der Waals surface area contributed by atoms with Crippen molar-refractivity contribution in [2.24, 2.45) is 0 Å². The van der Waals surface area contributed by atoms with Gasteiger partial charge in [-0.2, -0.15) is 0 Å². The Morgan fingerprint density at radius 2 is 2.09 bits per heavy atom. The maximum atomic E-state index is 12.1. The molecule has 2 N–H and O–H groups in total. The first-order valence-corrected chi connectivity index (χ1v) is 7.20. The van der Waals surface area contributed by atoms with Gasteiger partial charge in [-0.25, -0.2) is 4.98 Å². The van der Waals surface area contributed by atoms with E-state index in [1.54, 1.807) is 42.5 Å². The number of phenols is 1. The molecule has 2 aromatic carbocycles. The van der Waals surface area contributed by atoms with Crippen LogP contribution in [0.25, 0.3) is 22.0 Å². The van der Waals surface area contributed by atoms with E-state index in [-0.39, 0.29) is 22.2 Å². The van der Waals surface area contributed by atoms with Crippen LogP contribution < -0.4 is 10.3 Å². The Morgan fingerprint density at radius 3 is 2.87 bits per heavy atom. The third-order valence-electron chi connectivity index (χ3n) is 3.34. The van der Waals surface area contributed by atoms with E-state index in [2.05, 4.69) is 9.97 Å². The van der Waals surface area contributed by atoms with Gasteiger partial charge in [0.15, 0.2) is 17.3 Å². The maximum Gasteiger partial charge on any atom is 0.259 e. The van der Waals surface area contributed by atoms with Crippen molar-refractivity contribution in [2.45, 2.75) is 0 Å². The summed E-state index contributed by atoms with van der Waals surface area (Å²) in [6, 6.07) is 11.9. The number of rotatable bonds is 3. The van der Waals surface area contributed by atoms with E-state index in [0.29, 0.717) is 22.2 Å². The highest BCUT2D eigenvalue weighted by Crippen LogP contribution is 2.28. The zero-order valence-electron chi connectivity index (χ0n) is 12.2. The number of para-hydroxylation sites is 1. The molecular weight excluding hydrogens is 316 g/mol. The monoisotopic (exact) mass is 328 g/mol. The summed E-state index contributed by atoms with van der Waals surface area (Å²) in [5.74, 6) is 0.656. The molecule has 5 nitrogen and oxygen atoms in total. The fourth-order valence-electron chi connectivity index (χ4n) is 2.20. The minimum Gasteiger partial charge on any atom is -0.504 e. The van der Waals surface area contributed by atoms with Crippen molar-refractivity contribution >= 4 is 33.6 Å². The van der Waals surface area contributed by atoms with Gasteiger partial charge < -0.3 is 14.8 Å². The molecule has 0 amide bonds. The van der Waals surface area contributed by atoms with Crippen LogP contribution in [-0.2, 0) is 0 Å². The van der Waals surface area contributed by atoms with Gasteiger partial charge in [0.1, 0.15) is 0 Å². The minimum absolute atomic E-state index is 0.0398. The number of hydrogen-bond acceptors (Lipinski definition) is 4. The maximum absolute atomic E-state index is 12.1. The molecule has 0 saturated heterocycles. The second-order valence-electron chi connectivity index (χ2n) is 4.86. The number of fused-ring (bicyclic) bond motifs is 1. The normalized spacial score (nSPS) is 11.7. The van der Waals surface area contributed by atoms with Crippen molar-refractivity contribution in [3.8, 4) is 11.5 Å². The molecule has 6 heteroatoms. The Bertz CT molecular complexity index is 963. The molecule has 0 aliphatic carbocycles. The molecule has 3 aromatic rings. The number of hydrogen-bond donors (Lipinski definition) is 2. The number of phenolic OH excluding ortho intramolecular Hbond substituents is 1. The van der Waals surface area contributed by atoms with Gasteiger partial charge >= 0.3 is 0 Å². The van der Waals surface area contributed by atoms with E-state index in [9.17, 15) is 9.90 Å². The SMILES string of the molecule is COc1cc(C=C(Cl)c2nc3ccccc3c(=O)[nH]2)ccc1O. The van der Waals surface area contributed by atoms with E-state index in [1.807, 2.05) is 0 Å². The predicted molar refractivity (Wildman–Crippen MR) is 90.7 cm³/mol. The molecule has 0 unspecified atom stereocenters. The van der Waals surface area contributed by atoms with Gasteiger partial charge in [0.25, 0.3) is 5.56 Å². The Balaban J connectivity index is 2.06. The van der Waals surface area contributed by atoms with Crippen LogP contribution in [0.5, 0.6) is 11.5 Å². The smallest absolute Gasteiger partial charge is 0.259 e. The van der Waals surface area contributed by atoms with Crippen LogP contribution in [-0.4, -0.2) is 22.2 Å². The number of nitrogens with one attached hydrogen (secondary N) is 1. The van der Waals surface area contributed by atoms with Crippen LogP contribution in [0, 0.1) is 0 Å². The van der Waals surface area contributed by atoms with E-state index >= 15 is 0 Å². The summed E-state index contributed by atoms with van der Waals surface area (Å²) in [7, 11) is 1.46. The Kier molecular flexibility index (Phi) is 4.04. The summed E-state index contributed by atoms with van der Waals surface area (Å²) >= 11 is 6.27. The molecule has 1 aromatic heterocycles. The first kappa shape index (κ1) is 15.1. The lowest BCUT2D eigenvalue weighted by Gasteiger charge is -2.05. The van der Waals surface area contributed by atoms with Crippen LogP contribution in [0.2, 0.25) is 0 Å². The van der Waals surface area contributed by atoms with Gasteiger partial charge in [-0.1, -0.05) is 29.8 Å². The molecule has 0 fully saturated rings. The number of nitrogens with zero attached hydrogens (tertiary/aromatic N) is 1. The van der Waals surface area contributed by atoms with Gasteiger partial charge in [0, 0.05) is 0 Å². The summed E-state index contributed by atoms with van der Waals surface area (Å²) in [5, 5.41) is 10.4. The lowest BCUT2D eigenvalue weighted by Crippen LogP contribution is -2.10. The topological polar surface area (TPSA) is 75.2 Å². The average molecular weight is 329 g/mol. The molecule has 0 atom stereocenters. The molecule has 0 aliphatic rings. The number of ether oxygens (including phenoxy) is 1. The highest BCUT2D eigenvalue weighted by atomic mass is 35.5. The standard InChI is InChI=1S/C17H13ClN2O3/c1-23-15-9-10(6-7-14(15)21)8-12(18)16-19-13-5-3-2-4-11(13)17(22)20-16/h2-9,21H,1H3,(H,19,20,22). The van der Waals surface area contributed by atoms with Gasteiger partial charge in [-0.15, -0.1) is 0 Å². The number of methoxy groups -OCH3 is 1.